The van der Waals surface area contributed by atoms with Crippen molar-refractivity contribution in [3.8, 4) is 11.3 Å². The van der Waals surface area contributed by atoms with E-state index < -0.39 is 0 Å². The maximum Gasteiger partial charge on any atom is 0.251 e. The predicted molar refractivity (Wildman–Crippen MR) is 138 cm³/mol. The normalized spacial score (nSPS) is 14.0. The lowest BCUT2D eigenvalue weighted by atomic mass is 9.92. The molecule has 37 heavy (non-hydrogen) atoms. The zero-order valence-electron chi connectivity index (χ0n) is 20.6. The third-order valence-corrected chi connectivity index (χ3v) is 7.05. The summed E-state index contributed by atoms with van der Waals surface area (Å²) in [6.07, 6.45) is 11.7. The zero-order valence-corrected chi connectivity index (χ0v) is 20.6. The van der Waals surface area contributed by atoms with Gasteiger partial charge in [-0.1, -0.05) is 17.7 Å². The van der Waals surface area contributed by atoms with Crippen LogP contribution in [0.15, 0.2) is 49.1 Å². The standard InChI is InChI=1S/C26H29N9O2/c1-33(20-3-2-4-20)12-17-5-6-25-29-19(14-34(25)13-17)15-35-16-24(31-32-35)21-9-18(26(37)27-7-8-36)10-23-22(21)11-28-30-23/h5-6,9-11,13-14,16,20,36H,2-4,7-8,12,15H2,1H3,(H,27,37)(H,28,30). The average molecular weight is 500 g/mol. The van der Waals surface area contributed by atoms with Crippen molar-refractivity contribution < 1.29 is 9.90 Å². The molecule has 1 fully saturated rings. The molecule has 11 heteroatoms. The van der Waals surface area contributed by atoms with Crippen molar-refractivity contribution in [3.63, 3.8) is 0 Å². The van der Waals surface area contributed by atoms with Crippen LogP contribution < -0.4 is 5.32 Å². The van der Waals surface area contributed by atoms with Crippen LogP contribution in [0, 0.1) is 0 Å². The number of carbonyl (C=O) groups is 1. The van der Waals surface area contributed by atoms with Crippen molar-refractivity contribution in [2.24, 2.45) is 0 Å². The van der Waals surface area contributed by atoms with E-state index in [-0.39, 0.29) is 19.1 Å². The van der Waals surface area contributed by atoms with Crippen molar-refractivity contribution in [2.45, 2.75) is 38.4 Å². The summed E-state index contributed by atoms with van der Waals surface area (Å²) >= 11 is 0. The Morgan fingerprint density at radius 1 is 1.24 bits per heavy atom. The number of pyridine rings is 1. The molecule has 3 N–H and O–H groups in total. The van der Waals surface area contributed by atoms with Crippen molar-refractivity contribution in [1.29, 1.82) is 0 Å². The van der Waals surface area contributed by atoms with Crippen LogP contribution in [0.2, 0.25) is 0 Å². The molecule has 0 spiro atoms. The second kappa shape index (κ2) is 9.75. The van der Waals surface area contributed by atoms with Gasteiger partial charge in [0.2, 0.25) is 0 Å². The highest BCUT2D eigenvalue weighted by molar-refractivity contribution is 6.03. The summed E-state index contributed by atoms with van der Waals surface area (Å²) in [4.78, 5) is 19.7. The summed E-state index contributed by atoms with van der Waals surface area (Å²) in [5, 5.41) is 28.3. The lowest BCUT2D eigenvalue weighted by Gasteiger charge is -2.34. The van der Waals surface area contributed by atoms with Gasteiger partial charge in [-0.15, -0.1) is 5.10 Å². The van der Waals surface area contributed by atoms with Gasteiger partial charge in [-0.25, -0.2) is 9.67 Å². The first-order valence-electron chi connectivity index (χ1n) is 12.5. The molecule has 6 rings (SSSR count). The number of aromatic amines is 1. The van der Waals surface area contributed by atoms with Crippen LogP contribution in [-0.2, 0) is 13.1 Å². The number of aliphatic hydroxyl groups excluding tert-OH is 1. The summed E-state index contributed by atoms with van der Waals surface area (Å²) in [5.41, 5.74) is 5.60. The van der Waals surface area contributed by atoms with Gasteiger partial charge in [0.25, 0.3) is 5.91 Å². The molecule has 4 aromatic heterocycles. The van der Waals surface area contributed by atoms with Crippen molar-refractivity contribution in [3.05, 3.63) is 65.9 Å². The number of nitrogens with one attached hydrogen (secondary N) is 2. The summed E-state index contributed by atoms with van der Waals surface area (Å²) in [6.45, 7) is 1.46. The minimum absolute atomic E-state index is 0.124. The first-order valence-corrected chi connectivity index (χ1v) is 12.5. The molecule has 0 saturated heterocycles. The Labute approximate surface area is 213 Å². The van der Waals surface area contributed by atoms with E-state index in [4.69, 9.17) is 10.1 Å². The first-order chi connectivity index (χ1) is 18.1. The molecule has 11 nitrogen and oxygen atoms in total. The van der Waals surface area contributed by atoms with Gasteiger partial charge in [0, 0.05) is 48.0 Å². The lowest BCUT2D eigenvalue weighted by molar-refractivity contribution is 0.0945. The number of H-pyrrole nitrogens is 1. The van der Waals surface area contributed by atoms with Crippen molar-refractivity contribution in [1.82, 2.24) is 44.8 Å². The third kappa shape index (κ3) is 4.70. The molecule has 1 saturated carbocycles. The van der Waals surface area contributed by atoms with E-state index in [1.54, 1.807) is 23.0 Å². The topological polar surface area (TPSA) is 129 Å². The number of rotatable bonds is 9. The number of hydrogen-bond acceptors (Lipinski definition) is 7. The summed E-state index contributed by atoms with van der Waals surface area (Å²) in [5.74, 6) is -0.276. The third-order valence-electron chi connectivity index (χ3n) is 7.05. The van der Waals surface area contributed by atoms with Crippen LogP contribution in [0.4, 0.5) is 0 Å². The van der Waals surface area contributed by atoms with Crippen LogP contribution >= 0.6 is 0 Å². The predicted octanol–water partition coefficient (Wildman–Crippen LogP) is 2.22. The number of imidazole rings is 1. The minimum atomic E-state index is -0.276. The molecule has 0 unspecified atom stereocenters. The fourth-order valence-corrected chi connectivity index (χ4v) is 4.84. The minimum Gasteiger partial charge on any atom is -0.395 e. The van der Waals surface area contributed by atoms with Crippen molar-refractivity contribution >= 4 is 22.5 Å². The second-order valence-corrected chi connectivity index (χ2v) is 9.67. The largest absolute Gasteiger partial charge is 0.395 e. The van der Waals surface area contributed by atoms with E-state index in [1.807, 2.05) is 12.4 Å². The summed E-state index contributed by atoms with van der Waals surface area (Å²) in [6, 6.07) is 8.41. The molecule has 0 aliphatic heterocycles. The molecule has 0 bridgehead atoms. The average Bonchev–Trinajstić information content (AvgIpc) is 3.60. The monoisotopic (exact) mass is 499 g/mol. The van der Waals surface area contributed by atoms with E-state index in [9.17, 15) is 4.79 Å². The van der Waals surface area contributed by atoms with E-state index >= 15 is 0 Å². The van der Waals surface area contributed by atoms with Crippen LogP contribution in [0.5, 0.6) is 0 Å². The number of fused-ring (bicyclic) bond motifs is 2. The van der Waals surface area contributed by atoms with Crippen LogP contribution in [0.1, 0.15) is 40.9 Å². The highest BCUT2D eigenvalue weighted by Gasteiger charge is 2.22. The molecule has 0 atom stereocenters. The van der Waals surface area contributed by atoms with E-state index in [2.05, 4.69) is 60.5 Å². The Bertz CT molecular complexity index is 1560. The Hall–Kier alpha value is -4.09. The van der Waals surface area contributed by atoms with Gasteiger partial charge in [-0.2, -0.15) is 5.10 Å². The second-order valence-electron chi connectivity index (χ2n) is 9.67. The Morgan fingerprint density at radius 3 is 2.95 bits per heavy atom. The van der Waals surface area contributed by atoms with Crippen LogP contribution in [-0.4, -0.2) is 76.7 Å². The Balaban J connectivity index is 1.22. The molecule has 5 aromatic rings. The number of carbonyl (C=O) groups excluding carboxylic acids is 1. The fraction of sp³-hybridized carbons (Fsp3) is 0.346. The number of amides is 1. The van der Waals surface area contributed by atoms with Crippen molar-refractivity contribution in [2.75, 3.05) is 20.2 Å². The van der Waals surface area contributed by atoms with Gasteiger partial charge in [0.1, 0.15) is 11.3 Å². The number of hydrogen-bond donors (Lipinski definition) is 3. The Morgan fingerprint density at radius 2 is 2.14 bits per heavy atom. The molecule has 0 radical (unpaired) electrons. The van der Waals surface area contributed by atoms with Crippen LogP contribution in [0.3, 0.4) is 0 Å². The number of nitrogens with zero attached hydrogens (tertiary/aromatic N) is 7. The molecule has 1 aliphatic carbocycles. The highest BCUT2D eigenvalue weighted by Crippen LogP contribution is 2.28. The van der Waals surface area contributed by atoms with E-state index in [0.717, 1.165) is 34.4 Å². The molecule has 190 valence electrons. The fourth-order valence-electron chi connectivity index (χ4n) is 4.84. The van der Waals surface area contributed by atoms with Gasteiger partial charge in [-0.05, 0) is 43.7 Å². The maximum atomic E-state index is 12.5. The van der Waals surface area contributed by atoms with E-state index in [1.165, 1.54) is 24.8 Å². The molecular weight excluding hydrogens is 470 g/mol. The van der Waals surface area contributed by atoms with Gasteiger partial charge < -0.3 is 14.8 Å². The number of aromatic nitrogens is 7. The molecule has 1 aliphatic rings. The quantitative estimate of drug-likeness (QED) is 0.284. The van der Waals surface area contributed by atoms with Gasteiger partial charge in [-0.3, -0.25) is 14.8 Å². The first kappa shape index (κ1) is 23.3. The van der Waals surface area contributed by atoms with Gasteiger partial charge in [0.15, 0.2) is 0 Å². The zero-order chi connectivity index (χ0) is 25.4. The number of aliphatic hydroxyl groups is 1. The van der Waals surface area contributed by atoms with Gasteiger partial charge >= 0.3 is 0 Å². The van der Waals surface area contributed by atoms with Crippen LogP contribution in [0.25, 0.3) is 27.8 Å². The van der Waals surface area contributed by atoms with E-state index in [0.29, 0.717) is 23.8 Å². The van der Waals surface area contributed by atoms with Gasteiger partial charge in [0.05, 0.1) is 36.8 Å². The lowest BCUT2D eigenvalue weighted by Crippen LogP contribution is -2.36. The molecular formula is C26H29N9O2. The summed E-state index contributed by atoms with van der Waals surface area (Å²) < 4.78 is 3.81. The number of benzene rings is 1. The molecule has 1 amide bonds. The smallest absolute Gasteiger partial charge is 0.251 e. The molecule has 1 aromatic carbocycles. The summed E-state index contributed by atoms with van der Waals surface area (Å²) in [7, 11) is 2.20. The Kier molecular flexibility index (Phi) is 6.15. The maximum absolute atomic E-state index is 12.5. The highest BCUT2D eigenvalue weighted by atomic mass is 16.3. The SMILES string of the molecule is CN(Cc1ccc2nc(Cn3cc(-c4cc(C(=O)NCCO)cc5[nH]ncc45)nn3)cn2c1)C1CCC1. The molecule has 4 heterocycles.